The van der Waals surface area contributed by atoms with Gasteiger partial charge in [-0.05, 0) is 44.2 Å². The van der Waals surface area contributed by atoms with Crippen molar-refractivity contribution in [3.05, 3.63) is 35.5 Å². The third-order valence-corrected chi connectivity index (χ3v) is 5.87. The first-order chi connectivity index (χ1) is 12.9. The SMILES string of the molecule is CCCN1CCCC2(CCN(C(=O)c3nc4ccc(C)cn4c3F)C2)C1=O. The molecule has 144 valence electrons. The molecular formula is C20H25FN4O2. The van der Waals surface area contributed by atoms with Gasteiger partial charge in [0.2, 0.25) is 11.9 Å². The van der Waals surface area contributed by atoms with Crippen molar-refractivity contribution < 1.29 is 14.0 Å². The van der Waals surface area contributed by atoms with Gasteiger partial charge in [0.1, 0.15) is 5.65 Å². The summed E-state index contributed by atoms with van der Waals surface area (Å²) in [6, 6.07) is 3.54. The van der Waals surface area contributed by atoms with Crippen LogP contribution in [-0.2, 0) is 4.79 Å². The number of carbonyl (C=O) groups is 2. The lowest BCUT2D eigenvalue weighted by atomic mass is 9.78. The molecule has 7 heteroatoms. The fourth-order valence-corrected chi connectivity index (χ4v) is 4.47. The summed E-state index contributed by atoms with van der Waals surface area (Å²) in [5.41, 5.74) is 0.640. The second kappa shape index (κ2) is 6.62. The zero-order valence-corrected chi connectivity index (χ0v) is 15.9. The van der Waals surface area contributed by atoms with E-state index >= 15 is 0 Å². The van der Waals surface area contributed by atoms with Gasteiger partial charge >= 0.3 is 0 Å². The smallest absolute Gasteiger partial charge is 0.277 e. The Kier molecular flexibility index (Phi) is 4.40. The van der Waals surface area contributed by atoms with Gasteiger partial charge in [0, 0.05) is 32.4 Å². The number of fused-ring (bicyclic) bond motifs is 1. The quantitative estimate of drug-likeness (QED) is 0.832. The summed E-state index contributed by atoms with van der Waals surface area (Å²) >= 11 is 0. The van der Waals surface area contributed by atoms with Crippen molar-refractivity contribution >= 4 is 17.5 Å². The fourth-order valence-electron chi connectivity index (χ4n) is 4.47. The van der Waals surface area contributed by atoms with Crippen LogP contribution in [0.2, 0.25) is 0 Å². The summed E-state index contributed by atoms with van der Waals surface area (Å²) in [6.45, 7) is 6.31. The van der Waals surface area contributed by atoms with Gasteiger partial charge in [0.05, 0.1) is 5.41 Å². The third kappa shape index (κ3) is 2.89. The standard InChI is InChI=1S/C20H25FN4O2/c1-3-9-23-10-4-7-20(19(23)27)8-11-24(13-20)18(26)16-17(21)25-12-14(2)5-6-15(25)22-16/h5-6,12H,3-4,7-11,13H2,1-2H3. The van der Waals surface area contributed by atoms with E-state index in [0.29, 0.717) is 25.2 Å². The number of hydrogen-bond donors (Lipinski definition) is 0. The molecule has 2 fully saturated rings. The van der Waals surface area contributed by atoms with Gasteiger partial charge in [0.25, 0.3) is 5.91 Å². The number of amides is 2. The molecule has 0 aliphatic carbocycles. The predicted octanol–water partition coefficient (Wildman–Crippen LogP) is 2.65. The zero-order chi connectivity index (χ0) is 19.2. The predicted molar refractivity (Wildman–Crippen MR) is 98.9 cm³/mol. The molecule has 0 bridgehead atoms. The number of likely N-dealkylation sites (tertiary alicyclic amines) is 2. The van der Waals surface area contributed by atoms with Crippen molar-refractivity contribution in [3.8, 4) is 0 Å². The van der Waals surface area contributed by atoms with Crippen molar-refractivity contribution in [2.75, 3.05) is 26.2 Å². The van der Waals surface area contributed by atoms with Crippen LogP contribution >= 0.6 is 0 Å². The van der Waals surface area contributed by atoms with E-state index in [1.54, 1.807) is 17.2 Å². The largest absolute Gasteiger partial charge is 0.342 e. The molecule has 1 atom stereocenters. The van der Waals surface area contributed by atoms with Gasteiger partial charge in [-0.1, -0.05) is 13.0 Å². The van der Waals surface area contributed by atoms with Crippen LogP contribution in [0.1, 0.15) is 48.7 Å². The molecule has 27 heavy (non-hydrogen) atoms. The number of aromatic nitrogens is 2. The van der Waals surface area contributed by atoms with E-state index in [2.05, 4.69) is 11.9 Å². The summed E-state index contributed by atoms with van der Waals surface area (Å²) in [6.07, 6.45) is 4.95. The highest BCUT2D eigenvalue weighted by Gasteiger charge is 2.49. The summed E-state index contributed by atoms with van der Waals surface area (Å²) < 4.78 is 16.1. The number of nitrogens with zero attached hydrogens (tertiary/aromatic N) is 4. The van der Waals surface area contributed by atoms with Crippen molar-refractivity contribution in [3.63, 3.8) is 0 Å². The molecule has 0 radical (unpaired) electrons. The lowest BCUT2D eigenvalue weighted by molar-refractivity contribution is -0.145. The van der Waals surface area contributed by atoms with Crippen molar-refractivity contribution in [1.29, 1.82) is 0 Å². The van der Waals surface area contributed by atoms with Gasteiger partial charge in [-0.25, -0.2) is 4.98 Å². The Labute approximate surface area is 158 Å². The molecule has 2 aliphatic rings. The Hall–Kier alpha value is -2.44. The number of piperidine rings is 1. The van der Waals surface area contributed by atoms with Crippen LogP contribution in [0.5, 0.6) is 0 Å². The van der Waals surface area contributed by atoms with Crippen molar-refractivity contribution in [2.45, 2.75) is 39.5 Å². The monoisotopic (exact) mass is 372 g/mol. The average molecular weight is 372 g/mol. The molecule has 4 rings (SSSR count). The maximum atomic E-state index is 14.8. The third-order valence-electron chi connectivity index (χ3n) is 5.87. The molecule has 1 spiro atoms. The normalized spacial score (nSPS) is 23.0. The van der Waals surface area contributed by atoms with Crippen LogP contribution in [0.3, 0.4) is 0 Å². The number of halogens is 1. The Morgan fingerprint density at radius 2 is 2.11 bits per heavy atom. The Balaban J connectivity index is 1.58. The molecule has 0 saturated carbocycles. The van der Waals surface area contributed by atoms with Crippen LogP contribution in [0.25, 0.3) is 5.65 Å². The highest BCUT2D eigenvalue weighted by Crippen LogP contribution is 2.40. The molecule has 1 unspecified atom stereocenters. The number of pyridine rings is 1. The van der Waals surface area contributed by atoms with E-state index in [9.17, 15) is 14.0 Å². The minimum absolute atomic E-state index is 0.150. The van der Waals surface area contributed by atoms with Gasteiger partial charge in [-0.2, -0.15) is 4.39 Å². The maximum absolute atomic E-state index is 14.8. The molecule has 4 heterocycles. The van der Waals surface area contributed by atoms with E-state index < -0.39 is 17.3 Å². The maximum Gasteiger partial charge on any atom is 0.277 e. The molecule has 2 aromatic rings. The van der Waals surface area contributed by atoms with Crippen LogP contribution in [-0.4, -0.2) is 57.2 Å². The molecule has 0 aromatic carbocycles. The van der Waals surface area contributed by atoms with Crippen LogP contribution < -0.4 is 0 Å². The molecular weight excluding hydrogens is 347 g/mol. The lowest BCUT2D eigenvalue weighted by Crippen LogP contribution is -2.50. The minimum Gasteiger partial charge on any atom is -0.342 e. The van der Waals surface area contributed by atoms with E-state index in [0.717, 1.165) is 37.9 Å². The summed E-state index contributed by atoms with van der Waals surface area (Å²) in [5, 5.41) is 0. The Bertz CT molecular complexity index is 907. The van der Waals surface area contributed by atoms with Gasteiger partial charge < -0.3 is 9.80 Å². The molecule has 2 aromatic heterocycles. The Morgan fingerprint density at radius 3 is 2.89 bits per heavy atom. The first-order valence-corrected chi connectivity index (χ1v) is 9.68. The first-order valence-electron chi connectivity index (χ1n) is 9.68. The van der Waals surface area contributed by atoms with Crippen molar-refractivity contribution in [1.82, 2.24) is 19.2 Å². The first kappa shape index (κ1) is 17.9. The zero-order valence-electron chi connectivity index (χ0n) is 15.9. The molecule has 2 amide bonds. The van der Waals surface area contributed by atoms with Gasteiger partial charge in [0.15, 0.2) is 5.69 Å². The molecule has 2 saturated heterocycles. The lowest BCUT2D eigenvalue weighted by Gasteiger charge is -2.39. The highest BCUT2D eigenvalue weighted by atomic mass is 19.1. The van der Waals surface area contributed by atoms with Crippen molar-refractivity contribution in [2.24, 2.45) is 5.41 Å². The number of carbonyl (C=O) groups excluding carboxylic acids is 2. The van der Waals surface area contributed by atoms with E-state index in [1.807, 2.05) is 17.9 Å². The summed E-state index contributed by atoms with van der Waals surface area (Å²) in [7, 11) is 0. The summed E-state index contributed by atoms with van der Waals surface area (Å²) in [5.74, 6) is -0.912. The number of aryl methyl sites for hydroxylation is 1. The fraction of sp³-hybridized carbons (Fsp3) is 0.550. The minimum atomic E-state index is -0.637. The number of rotatable bonds is 3. The van der Waals surface area contributed by atoms with Gasteiger partial charge in [-0.15, -0.1) is 0 Å². The summed E-state index contributed by atoms with van der Waals surface area (Å²) in [4.78, 5) is 33.7. The van der Waals surface area contributed by atoms with Crippen LogP contribution in [0, 0.1) is 18.3 Å². The molecule has 2 aliphatic heterocycles. The van der Waals surface area contributed by atoms with Gasteiger partial charge in [-0.3, -0.25) is 14.0 Å². The van der Waals surface area contributed by atoms with E-state index in [-0.39, 0.29) is 11.6 Å². The average Bonchev–Trinajstić information content (AvgIpc) is 3.22. The topological polar surface area (TPSA) is 57.9 Å². The molecule has 6 nitrogen and oxygen atoms in total. The molecule has 0 N–H and O–H groups in total. The Morgan fingerprint density at radius 1 is 1.30 bits per heavy atom. The second-order valence-corrected chi connectivity index (χ2v) is 7.84. The number of imidazole rings is 1. The van der Waals surface area contributed by atoms with E-state index in [1.165, 1.54) is 4.40 Å². The van der Waals surface area contributed by atoms with Crippen LogP contribution in [0.15, 0.2) is 18.3 Å². The second-order valence-electron chi connectivity index (χ2n) is 7.84. The van der Waals surface area contributed by atoms with Crippen LogP contribution in [0.4, 0.5) is 4.39 Å². The highest BCUT2D eigenvalue weighted by molar-refractivity contribution is 5.94. The number of hydrogen-bond acceptors (Lipinski definition) is 3. The van der Waals surface area contributed by atoms with E-state index in [4.69, 9.17) is 0 Å².